The summed E-state index contributed by atoms with van der Waals surface area (Å²) in [6.45, 7) is 11.4. The Hall–Kier alpha value is -0.340. The predicted molar refractivity (Wildman–Crippen MR) is 79.0 cm³/mol. The van der Waals surface area contributed by atoms with Gasteiger partial charge in [0.2, 0.25) is 0 Å². The summed E-state index contributed by atoms with van der Waals surface area (Å²) in [5.74, 6) is 1.11. The van der Waals surface area contributed by atoms with E-state index in [0.717, 1.165) is 19.4 Å². The summed E-state index contributed by atoms with van der Waals surface area (Å²) in [4.78, 5) is 0. The third kappa shape index (κ3) is 3.05. The maximum absolute atomic E-state index is 10.2. The zero-order valence-electron chi connectivity index (χ0n) is 12.8. The Balaban J connectivity index is 1.94. The summed E-state index contributed by atoms with van der Waals surface area (Å²) >= 11 is 0. The van der Waals surface area contributed by atoms with E-state index in [1.54, 1.807) is 0 Å². The molecule has 0 aliphatic heterocycles. The molecule has 2 aliphatic rings. The first-order valence-electron chi connectivity index (χ1n) is 7.89. The molecular weight excluding hydrogens is 236 g/mol. The lowest BCUT2D eigenvalue weighted by Crippen LogP contribution is -2.43. The van der Waals surface area contributed by atoms with Crippen molar-refractivity contribution in [3.8, 4) is 0 Å². The van der Waals surface area contributed by atoms with E-state index in [0.29, 0.717) is 23.4 Å². The lowest BCUT2D eigenvalue weighted by Gasteiger charge is -2.45. The first-order chi connectivity index (χ1) is 8.95. The van der Waals surface area contributed by atoms with Gasteiger partial charge in [-0.25, -0.2) is 0 Å². The zero-order valence-corrected chi connectivity index (χ0v) is 12.8. The molecule has 0 spiro atoms. The van der Waals surface area contributed by atoms with Crippen LogP contribution in [0.15, 0.2) is 12.2 Å². The molecule has 2 heteroatoms. The molecule has 1 N–H and O–H groups in total. The molecule has 2 fully saturated rings. The smallest absolute Gasteiger partial charge is 0.0580 e. The van der Waals surface area contributed by atoms with E-state index in [2.05, 4.69) is 27.4 Å². The molecular formula is C17H30O2. The van der Waals surface area contributed by atoms with Gasteiger partial charge in [0.15, 0.2) is 0 Å². The molecule has 0 saturated heterocycles. The third-order valence-corrected chi connectivity index (χ3v) is 5.64. The summed E-state index contributed by atoms with van der Waals surface area (Å²) < 4.78 is 6.04. The van der Waals surface area contributed by atoms with Gasteiger partial charge in [-0.05, 0) is 63.2 Å². The van der Waals surface area contributed by atoms with Crippen molar-refractivity contribution in [2.24, 2.45) is 17.3 Å². The van der Waals surface area contributed by atoms with Gasteiger partial charge in [-0.15, -0.1) is 6.58 Å². The van der Waals surface area contributed by atoms with Gasteiger partial charge in [0.05, 0.1) is 18.8 Å². The molecule has 0 unspecified atom stereocenters. The Morgan fingerprint density at radius 3 is 2.84 bits per heavy atom. The standard InChI is InChI=1S/C17H30O2/c1-12(2)9-11-19-13(3)14-7-8-15-16(18)6-5-10-17(14,15)4/h13-16,18H,1,5-11H2,2-4H3/t13-,14+,15-,16-,17+/m0/s1. The average Bonchev–Trinajstić information content (AvgIpc) is 2.67. The van der Waals surface area contributed by atoms with E-state index in [9.17, 15) is 5.11 Å². The highest BCUT2D eigenvalue weighted by Gasteiger charge is 2.52. The fourth-order valence-corrected chi connectivity index (χ4v) is 4.50. The van der Waals surface area contributed by atoms with Crippen LogP contribution in [0.2, 0.25) is 0 Å². The monoisotopic (exact) mass is 266 g/mol. The SMILES string of the molecule is C=C(C)CCO[C@@H](C)[C@H]1CC[C@H]2[C@@H](O)CCC[C@]12C. The molecule has 0 bridgehead atoms. The summed E-state index contributed by atoms with van der Waals surface area (Å²) in [7, 11) is 0. The van der Waals surface area contributed by atoms with Crippen molar-refractivity contribution < 1.29 is 9.84 Å². The van der Waals surface area contributed by atoms with E-state index in [4.69, 9.17) is 4.74 Å². The van der Waals surface area contributed by atoms with Crippen LogP contribution in [0, 0.1) is 17.3 Å². The number of rotatable bonds is 5. The number of fused-ring (bicyclic) bond motifs is 1. The van der Waals surface area contributed by atoms with E-state index in [1.165, 1.54) is 31.3 Å². The average molecular weight is 266 g/mol. The molecule has 0 aromatic heterocycles. The molecule has 0 aromatic carbocycles. The van der Waals surface area contributed by atoms with Crippen LogP contribution >= 0.6 is 0 Å². The molecule has 2 nitrogen and oxygen atoms in total. The minimum absolute atomic E-state index is 0.0774. The van der Waals surface area contributed by atoms with Crippen LogP contribution in [-0.4, -0.2) is 23.9 Å². The van der Waals surface area contributed by atoms with Gasteiger partial charge in [0.25, 0.3) is 0 Å². The van der Waals surface area contributed by atoms with Crippen LogP contribution in [0.1, 0.15) is 59.3 Å². The van der Waals surface area contributed by atoms with Crippen molar-refractivity contribution in [3.63, 3.8) is 0 Å². The quantitative estimate of drug-likeness (QED) is 0.764. The van der Waals surface area contributed by atoms with Crippen LogP contribution in [0.5, 0.6) is 0 Å². The summed E-state index contributed by atoms with van der Waals surface area (Å²) in [6, 6.07) is 0. The Labute approximate surface area is 118 Å². The molecule has 2 saturated carbocycles. The van der Waals surface area contributed by atoms with Gasteiger partial charge in [-0.2, -0.15) is 0 Å². The highest BCUT2D eigenvalue weighted by atomic mass is 16.5. The Morgan fingerprint density at radius 2 is 2.16 bits per heavy atom. The van der Waals surface area contributed by atoms with Gasteiger partial charge in [-0.1, -0.05) is 18.9 Å². The van der Waals surface area contributed by atoms with Crippen molar-refractivity contribution in [2.75, 3.05) is 6.61 Å². The summed E-state index contributed by atoms with van der Waals surface area (Å²) in [5, 5.41) is 10.2. The normalized spacial score (nSPS) is 39.9. The maximum atomic E-state index is 10.2. The highest BCUT2D eigenvalue weighted by molar-refractivity contribution is 5.02. The molecule has 0 aromatic rings. The summed E-state index contributed by atoms with van der Waals surface area (Å²) in [5.41, 5.74) is 1.48. The van der Waals surface area contributed by atoms with Gasteiger partial charge in [-0.3, -0.25) is 0 Å². The van der Waals surface area contributed by atoms with E-state index < -0.39 is 0 Å². The Bertz CT molecular complexity index is 325. The second kappa shape index (κ2) is 5.97. The van der Waals surface area contributed by atoms with Gasteiger partial charge in [0.1, 0.15) is 0 Å². The minimum Gasteiger partial charge on any atom is -0.393 e. The maximum Gasteiger partial charge on any atom is 0.0580 e. The number of hydrogen-bond acceptors (Lipinski definition) is 2. The van der Waals surface area contributed by atoms with Crippen LogP contribution in [0.4, 0.5) is 0 Å². The van der Waals surface area contributed by atoms with Crippen molar-refractivity contribution in [1.29, 1.82) is 0 Å². The first-order valence-corrected chi connectivity index (χ1v) is 7.89. The number of aliphatic hydroxyl groups excluding tert-OH is 1. The van der Waals surface area contributed by atoms with Crippen LogP contribution in [-0.2, 0) is 4.74 Å². The topological polar surface area (TPSA) is 29.5 Å². The fourth-order valence-electron chi connectivity index (χ4n) is 4.50. The first kappa shape index (κ1) is 15.1. The predicted octanol–water partition coefficient (Wildman–Crippen LogP) is 3.94. The summed E-state index contributed by atoms with van der Waals surface area (Å²) in [6.07, 6.45) is 7.00. The second-order valence-corrected chi connectivity index (χ2v) is 7.04. The van der Waals surface area contributed by atoms with E-state index >= 15 is 0 Å². The highest BCUT2D eigenvalue weighted by Crippen LogP contribution is 2.56. The molecule has 2 rings (SSSR count). The third-order valence-electron chi connectivity index (χ3n) is 5.64. The number of aliphatic hydroxyl groups is 1. The molecule has 2 aliphatic carbocycles. The fraction of sp³-hybridized carbons (Fsp3) is 0.882. The largest absolute Gasteiger partial charge is 0.393 e. The van der Waals surface area contributed by atoms with E-state index in [1.807, 2.05) is 0 Å². The van der Waals surface area contributed by atoms with Crippen LogP contribution in [0.25, 0.3) is 0 Å². The van der Waals surface area contributed by atoms with Crippen molar-refractivity contribution in [2.45, 2.75) is 71.5 Å². The van der Waals surface area contributed by atoms with Gasteiger partial charge < -0.3 is 9.84 Å². The number of ether oxygens (including phenoxy) is 1. The van der Waals surface area contributed by atoms with Gasteiger partial charge >= 0.3 is 0 Å². The van der Waals surface area contributed by atoms with E-state index in [-0.39, 0.29) is 6.10 Å². The van der Waals surface area contributed by atoms with Crippen molar-refractivity contribution in [3.05, 3.63) is 12.2 Å². The van der Waals surface area contributed by atoms with Crippen molar-refractivity contribution in [1.82, 2.24) is 0 Å². The lowest BCUT2D eigenvalue weighted by atomic mass is 9.63. The molecule has 0 amide bonds. The number of hydrogen-bond donors (Lipinski definition) is 1. The molecule has 0 radical (unpaired) electrons. The van der Waals surface area contributed by atoms with Crippen LogP contribution < -0.4 is 0 Å². The van der Waals surface area contributed by atoms with Crippen LogP contribution in [0.3, 0.4) is 0 Å². The molecule has 19 heavy (non-hydrogen) atoms. The van der Waals surface area contributed by atoms with Crippen molar-refractivity contribution >= 4 is 0 Å². The molecule has 110 valence electrons. The zero-order chi connectivity index (χ0) is 14.0. The molecule has 5 atom stereocenters. The molecule has 0 heterocycles. The Kier molecular flexibility index (Phi) is 4.73. The Morgan fingerprint density at radius 1 is 1.42 bits per heavy atom. The lowest BCUT2D eigenvalue weighted by molar-refractivity contribution is -0.0637. The minimum atomic E-state index is -0.0774. The van der Waals surface area contributed by atoms with Gasteiger partial charge in [0, 0.05) is 0 Å². The second-order valence-electron chi connectivity index (χ2n) is 7.04.